The molecule has 0 aliphatic heterocycles. The van der Waals surface area contributed by atoms with Crippen LogP contribution in [-0.2, 0) is 4.74 Å². The summed E-state index contributed by atoms with van der Waals surface area (Å²) in [5.74, 6) is -0.335. The van der Waals surface area contributed by atoms with Gasteiger partial charge in [-0.05, 0) is 32.9 Å². The SMILES string of the molecule is CC(C)(C)OC(=O)NCC(=O)c1cccc(Cl)c1Cl. The molecule has 0 fully saturated rings. The molecule has 19 heavy (non-hydrogen) atoms. The number of amides is 1. The molecule has 0 bridgehead atoms. The number of alkyl carbamates (subject to hydrolysis) is 1. The van der Waals surface area contributed by atoms with Gasteiger partial charge in [-0.25, -0.2) is 4.79 Å². The first-order valence-electron chi connectivity index (χ1n) is 5.65. The summed E-state index contributed by atoms with van der Waals surface area (Å²) in [7, 11) is 0. The second-order valence-corrected chi connectivity index (χ2v) is 5.67. The van der Waals surface area contributed by atoms with E-state index in [1.165, 1.54) is 0 Å². The van der Waals surface area contributed by atoms with Gasteiger partial charge in [0.15, 0.2) is 5.78 Å². The highest BCUT2D eigenvalue weighted by Crippen LogP contribution is 2.25. The topological polar surface area (TPSA) is 55.4 Å². The summed E-state index contributed by atoms with van der Waals surface area (Å²) in [5, 5.41) is 2.85. The monoisotopic (exact) mass is 303 g/mol. The fraction of sp³-hybridized carbons (Fsp3) is 0.385. The van der Waals surface area contributed by atoms with Gasteiger partial charge in [0.2, 0.25) is 0 Å². The highest BCUT2D eigenvalue weighted by atomic mass is 35.5. The Balaban J connectivity index is 2.61. The van der Waals surface area contributed by atoms with Crippen LogP contribution in [0.1, 0.15) is 31.1 Å². The van der Waals surface area contributed by atoms with Gasteiger partial charge in [-0.1, -0.05) is 29.3 Å². The number of hydrogen-bond donors (Lipinski definition) is 1. The lowest BCUT2D eigenvalue weighted by molar-refractivity contribution is 0.0520. The molecular weight excluding hydrogens is 289 g/mol. The lowest BCUT2D eigenvalue weighted by Gasteiger charge is -2.19. The van der Waals surface area contributed by atoms with Crippen molar-refractivity contribution < 1.29 is 14.3 Å². The molecule has 1 aromatic carbocycles. The molecule has 0 aliphatic rings. The number of carbonyl (C=O) groups excluding carboxylic acids is 2. The Bertz CT molecular complexity index is 495. The Kier molecular flexibility index (Phi) is 5.20. The van der Waals surface area contributed by atoms with Crippen molar-refractivity contribution in [2.24, 2.45) is 0 Å². The maximum absolute atomic E-state index is 11.9. The summed E-state index contributed by atoms with van der Waals surface area (Å²) >= 11 is 11.7. The molecule has 0 saturated heterocycles. The van der Waals surface area contributed by atoms with E-state index in [1.54, 1.807) is 39.0 Å². The molecule has 104 valence electrons. The third-order valence-electron chi connectivity index (χ3n) is 2.04. The van der Waals surface area contributed by atoms with Crippen LogP contribution in [0, 0.1) is 0 Å². The Morgan fingerprint density at radius 1 is 1.26 bits per heavy atom. The van der Waals surface area contributed by atoms with E-state index in [0.29, 0.717) is 5.02 Å². The van der Waals surface area contributed by atoms with E-state index >= 15 is 0 Å². The van der Waals surface area contributed by atoms with Gasteiger partial charge in [0, 0.05) is 5.56 Å². The van der Waals surface area contributed by atoms with E-state index in [1.807, 2.05) is 0 Å². The standard InChI is InChI=1S/C13H15Cl2NO3/c1-13(2,3)19-12(18)16-7-10(17)8-5-4-6-9(14)11(8)15/h4-6H,7H2,1-3H3,(H,16,18). The van der Waals surface area contributed by atoms with Gasteiger partial charge < -0.3 is 10.1 Å². The highest BCUT2D eigenvalue weighted by Gasteiger charge is 2.18. The van der Waals surface area contributed by atoms with Crippen molar-refractivity contribution in [3.8, 4) is 0 Å². The normalized spacial score (nSPS) is 11.0. The minimum absolute atomic E-state index is 0.181. The van der Waals surface area contributed by atoms with E-state index in [4.69, 9.17) is 27.9 Å². The fourth-order valence-corrected chi connectivity index (χ4v) is 1.69. The van der Waals surface area contributed by atoms with E-state index in [2.05, 4.69) is 5.32 Å². The van der Waals surface area contributed by atoms with Crippen molar-refractivity contribution in [3.63, 3.8) is 0 Å². The number of hydrogen-bond acceptors (Lipinski definition) is 3. The molecule has 1 rings (SSSR count). The summed E-state index contributed by atoms with van der Waals surface area (Å²) in [5.41, 5.74) is -0.342. The Labute approximate surface area is 122 Å². The van der Waals surface area contributed by atoms with Crippen LogP contribution in [0.3, 0.4) is 0 Å². The van der Waals surface area contributed by atoms with E-state index < -0.39 is 11.7 Å². The van der Waals surface area contributed by atoms with Crippen LogP contribution < -0.4 is 5.32 Å². The molecule has 0 saturated carbocycles. The molecule has 0 radical (unpaired) electrons. The van der Waals surface area contributed by atoms with Gasteiger partial charge in [0.05, 0.1) is 16.6 Å². The second-order valence-electron chi connectivity index (χ2n) is 4.88. The molecular formula is C13H15Cl2NO3. The third kappa shape index (κ3) is 5.09. The number of benzene rings is 1. The molecule has 4 nitrogen and oxygen atoms in total. The van der Waals surface area contributed by atoms with E-state index in [9.17, 15) is 9.59 Å². The van der Waals surface area contributed by atoms with Crippen molar-refractivity contribution in [2.45, 2.75) is 26.4 Å². The van der Waals surface area contributed by atoms with Crippen LogP contribution in [0.15, 0.2) is 18.2 Å². The maximum Gasteiger partial charge on any atom is 0.408 e. The van der Waals surface area contributed by atoms with Crippen LogP contribution in [0.2, 0.25) is 10.0 Å². The lowest BCUT2D eigenvalue weighted by Crippen LogP contribution is -2.35. The molecule has 0 aromatic heterocycles. The number of carbonyl (C=O) groups is 2. The van der Waals surface area contributed by atoms with Gasteiger partial charge in [-0.2, -0.15) is 0 Å². The Hall–Kier alpha value is -1.26. The number of Topliss-reactive ketones (excluding diaryl/α,β-unsaturated/α-hetero) is 1. The summed E-state index contributed by atoms with van der Waals surface area (Å²) in [6, 6.07) is 4.75. The first-order valence-corrected chi connectivity index (χ1v) is 6.40. The van der Waals surface area contributed by atoms with Gasteiger partial charge in [-0.3, -0.25) is 4.79 Å². The summed E-state index contributed by atoms with van der Waals surface area (Å²) < 4.78 is 5.02. The van der Waals surface area contributed by atoms with Crippen molar-refractivity contribution in [1.82, 2.24) is 5.32 Å². The molecule has 0 heterocycles. The molecule has 0 unspecified atom stereocenters. The largest absolute Gasteiger partial charge is 0.444 e. The second kappa shape index (κ2) is 6.26. The first-order chi connectivity index (χ1) is 8.70. The minimum Gasteiger partial charge on any atom is -0.444 e. The van der Waals surface area contributed by atoms with Crippen LogP contribution >= 0.6 is 23.2 Å². The fourth-order valence-electron chi connectivity index (χ4n) is 1.28. The lowest BCUT2D eigenvalue weighted by atomic mass is 10.1. The molecule has 1 aromatic rings. The average Bonchev–Trinajstić information content (AvgIpc) is 2.27. The van der Waals surface area contributed by atoms with Gasteiger partial charge in [-0.15, -0.1) is 0 Å². The quantitative estimate of drug-likeness (QED) is 0.866. The number of halogens is 2. The van der Waals surface area contributed by atoms with E-state index in [0.717, 1.165) is 0 Å². The first kappa shape index (κ1) is 15.8. The smallest absolute Gasteiger partial charge is 0.408 e. The van der Waals surface area contributed by atoms with Crippen LogP contribution in [0.25, 0.3) is 0 Å². The number of rotatable bonds is 3. The van der Waals surface area contributed by atoms with Crippen LogP contribution in [-0.4, -0.2) is 24.0 Å². The predicted octanol–water partition coefficient (Wildman–Crippen LogP) is 3.70. The van der Waals surface area contributed by atoms with Crippen molar-refractivity contribution >= 4 is 35.1 Å². The summed E-state index contributed by atoms with van der Waals surface area (Å²) in [6.07, 6.45) is -0.654. The zero-order chi connectivity index (χ0) is 14.6. The third-order valence-corrected chi connectivity index (χ3v) is 2.86. The highest BCUT2D eigenvalue weighted by molar-refractivity contribution is 6.44. The van der Waals surface area contributed by atoms with Gasteiger partial charge in [0.1, 0.15) is 5.60 Å². The molecule has 0 spiro atoms. The Morgan fingerprint density at radius 2 is 1.89 bits per heavy atom. The van der Waals surface area contributed by atoms with Crippen molar-refractivity contribution in [2.75, 3.05) is 6.54 Å². The van der Waals surface area contributed by atoms with Gasteiger partial charge in [0.25, 0.3) is 0 Å². The van der Waals surface area contributed by atoms with Crippen molar-refractivity contribution in [3.05, 3.63) is 33.8 Å². The van der Waals surface area contributed by atoms with Crippen molar-refractivity contribution in [1.29, 1.82) is 0 Å². The maximum atomic E-state index is 11.9. The zero-order valence-corrected chi connectivity index (χ0v) is 12.4. The van der Waals surface area contributed by atoms with Crippen LogP contribution in [0.4, 0.5) is 4.79 Å². The molecule has 1 amide bonds. The number of ketones is 1. The molecule has 0 aliphatic carbocycles. The predicted molar refractivity (Wildman–Crippen MR) is 75.0 cm³/mol. The minimum atomic E-state index is -0.654. The van der Waals surface area contributed by atoms with Crippen LogP contribution in [0.5, 0.6) is 0 Å². The Morgan fingerprint density at radius 3 is 2.47 bits per heavy atom. The zero-order valence-electron chi connectivity index (χ0n) is 10.9. The number of nitrogens with one attached hydrogen (secondary N) is 1. The molecule has 0 atom stereocenters. The average molecular weight is 304 g/mol. The van der Waals surface area contributed by atoms with E-state index in [-0.39, 0.29) is 22.9 Å². The number of ether oxygens (including phenoxy) is 1. The summed E-state index contributed by atoms with van der Waals surface area (Å²) in [4.78, 5) is 23.3. The molecule has 1 N–H and O–H groups in total. The molecule has 6 heteroatoms. The van der Waals surface area contributed by atoms with Gasteiger partial charge >= 0.3 is 6.09 Å². The summed E-state index contributed by atoms with van der Waals surface area (Å²) in [6.45, 7) is 5.02.